The van der Waals surface area contributed by atoms with E-state index in [2.05, 4.69) is 5.32 Å². The van der Waals surface area contributed by atoms with Crippen molar-refractivity contribution in [1.82, 2.24) is 0 Å². The number of hydrogen-bond donors (Lipinski definition) is 2. The van der Waals surface area contributed by atoms with Crippen LogP contribution in [0.5, 0.6) is 0 Å². The van der Waals surface area contributed by atoms with Crippen LogP contribution in [0.25, 0.3) is 0 Å². The number of anilines is 1. The zero-order chi connectivity index (χ0) is 15.7. The van der Waals surface area contributed by atoms with Crippen LogP contribution in [0, 0.1) is 5.41 Å². The van der Waals surface area contributed by atoms with Crippen LogP contribution in [0.4, 0.5) is 5.69 Å². The minimum atomic E-state index is -0.494. The van der Waals surface area contributed by atoms with Crippen LogP contribution < -0.4 is 5.32 Å². The predicted octanol–water partition coefficient (Wildman–Crippen LogP) is 3.18. The van der Waals surface area contributed by atoms with Crippen molar-refractivity contribution >= 4 is 23.3 Å². The van der Waals surface area contributed by atoms with Crippen LogP contribution in [0.2, 0.25) is 0 Å². The predicted molar refractivity (Wildman–Crippen MR) is 82.8 cm³/mol. The first-order valence-corrected chi connectivity index (χ1v) is 6.88. The number of allylic oxidation sites excluding steroid dienone is 1. The molecule has 0 fully saturated rings. The van der Waals surface area contributed by atoms with Crippen LogP contribution >= 0.6 is 0 Å². The number of carbonyl (C=O) groups is 2. The molecular formula is C16H20N2O3. The van der Waals surface area contributed by atoms with Gasteiger partial charge in [0.05, 0.1) is 12.2 Å². The van der Waals surface area contributed by atoms with Crippen molar-refractivity contribution in [1.29, 1.82) is 5.41 Å². The van der Waals surface area contributed by atoms with Crippen molar-refractivity contribution < 1.29 is 14.3 Å². The molecule has 0 aromatic heterocycles. The molecule has 1 amide bonds. The number of ether oxygens (including phenoxy) is 1. The van der Waals surface area contributed by atoms with Gasteiger partial charge in [-0.1, -0.05) is 19.4 Å². The minimum Gasteiger partial charge on any atom is -0.462 e. The molecule has 1 aromatic carbocycles. The lowest BCUT2D eigenvalue weighted by Gasteiger charge is -2.06. The van der Waals surface area contributed by atoms with Gasteiger partial charge in [0.2, 0.25) is 0 Å². The van der Waals surface area contributed by atoms with E-state index >= 15 is 0 Å². The summed E-state index contributed by atoms with van der Waals surface area (Å²) in [7, 11) is 0. The summed E-state index contributed by atoms with van der Waals surface area (Å²) in [5.74, 6) is -0.866. The lowest BCUT2D eigenvalue weighted by atomic mass is 10.2. The Hall–Kier alpha value is -2.43. The molecule has 0 aliphatic rings. The molecule has 0 spiro atoms. The van der Waals surface area contributed by atoms with E-state index in [4.69, 9.17) is 10.1 Å². The van der Waals surface area contributed by atoms with E-state index in [9.17, 15) is 9.59 Å². The van der Waals surface area contributed by atoms with Gasteiger partial charge in [-0.25, -0.2) is 4.79 Å². The van der Waals surface area contributed by atoms with Crippen molar-refractivity contribution in [2.75, 3.05) is 11.9 Å². The van der Waals surface area contributed by atoms with Gasteiger partial charge in [-0.15, -0.1) is 0 Å². The number of nitrogens with one attached hydrogen (secondary N) is 2. The van der Waals surface area contributed by atoms with Crippen LogP contribution in [0.3, 0.4) is 0 Å². The Morgan fingerprint density at radius 2 is 1.95 bits per heavy atom. The summed E-state index contributed by atoms with van der Waals surface area (Å²) in [5.41, 5.74) is 0.840. The number of benzene rings is 1. The molecule has 1 aromatic rings. The molecule has 0 heterocycles. The normalized spacial score (nSPS) is 10.4. The van der Waals surface area contributed by atoms with Crippen molar-refractivity contribution in [2.24, 2.45) is 0 Å². The van der Waals surface area contributed by atoms with Gasteiger partial charge in [-0.3, -0.25) is 10.2 Å². The molecule has 1 rings (SSSR count). The summed E-state index contributed by atoms with van der Waals surface area (Å²) < 4.78 is 5.09. The van der Waals surface area contributed by atoms with E-state index in [0.717, 1.165) is 12.8 Å². The number of esters is 1. The maximum atomic E-state index is 11.7. The molecule has 112 valence electrons. The summed E-state index contributed by atoms with van der Waals surface area (Å²) in [4.78, 5) is 23.3. The quantitative estimate of drug-likeness (QED) is 0.459. The van der Waals surface area contributed by atoms with E-state index in [1.54, 1.807) is 37.3 Å². The lowest BCUT2D eigenvalue weighted by Crippen LogP contribution is -2.20. The molecule has 5 nitrogen and oxygen atoms in total. The average Bonchev–Trinajstić information content (AvgIpc) is 2.48. The van der Waals surface area contributed by atoms with E-state index in [0.29, 0.717) is 17.9 Å². The molecule has 0 saturated heterocycles. The Morgan fingerprint density at radius 1 is 1.29 bits per heavy atom. The largest absolute Gasteiger partial charge is 0.462 e. The number of hydrogen-bond acceptors (Lipinski definition) is 4. The van der Waals surface area contributed by atoms with Crippen molar-refractivity contribution in [3.05, 3.63) is 42.0 Å². The summed E-state index contributed by atoms with van der Waals surface area (Å²) in [6.45, 7) is 4.17. The number of unbranched alkanes of at least 4 members (excludes halogenated alkanes) is 1. The fraction of sp³-hybridized carbons (Fsp3) is 0.312. The molecule has 21 heavy (non-hydrogen) atoms. The zero-order valence-corrected chi connectivity index (χ0v) is 12.3. The van der Waals surface area contributed by atoms with E-state index in [1.807, 2.05) is 6.92 Å². The number of carbonyl (C=O) groups excluding carboxylic acids is 2. The first-order valence-electron chi connectivity index (χ1n) is 6.88. The molecule has 2 N–H and O–H groups in total. The Labute approximate surface area is 124 Å². The van der Waals surface area contributed by atoms with Gasteiger partial charge in [-0.2, -0.15) is 0 Å². The van der Waals surface area contributed by atoms with Crippen molar-refractivity contribution in [2.45, 2.75) is 26.7 Å². The molecule has 0 unspecified atom stereocenters. The second-order valence-electron chi connectivity index (χ2n) is 4.43. The molecule has 0 saturated carbocycles. The summed E-state index contributed by atoms with van der Waals surface area (Å²) >= 11 is 0. The fourth-order valence-electron chi connectivity index (χ4n) is 1.52. The monoisotopic (exact) mass is 288 g/mol. The highest BCUT2D eigenvalue weighted by molar-refractivity contribution is 6.45. The highest BCUT2D eigenvalue weighted by Crippen LogP contribution is 2.11. The summed E-state index contributed by atoms with van der Waals surface area (Å²) in [6, 6.07) is 6.39. The van der Waals surface area contributed by atoms with Gasteiger partial charge in [0.25, 0.3) is 5.91 Å². The number of rotatable bonds is 7. The first-order chi connectivity index (χ1) is 10.1. The zero-order valence-electron chi connectivity index (χ0n) is 12.3. The van der Waals surface area contributed by atoms with Crippen LogP contribution in [-0.4, -0.2) is 24.2 Å². The van der Waals surface area contributed by atoms with E-state index in [1.165, 1.54) is 6.08 Å². The van der Waals surface area contributed by atoms with E-state index < -0.39 is 5.91 Å². The maximum absolute atomic E-state index is 11.7. The summed E-state index contributed by atoms with van der Waals surface area (Å²) in [6.07, 6.45) is 4.84. The Morgan fingerprint density at radius 3 is 2.52 bits per heavy atom. The minimum absolute atomic E-state index is 0.124. The lowest BCUT2D eigenvalue weighted by molar-refractivity contribution is -0.110. The first kappa shape index (κ1) is 16.6. The second kappa shape index (κ2) is 8.68. The summed E-state index contributed by atoms with van der Waals surface area (Å²) in [5, 5.41) is 10.1. The van der Waals surface area contributed by atoms with Crippen LogP contribution in [0.15, 0.2) is 36.4 Å². The smallest absolute Gasteiger partial charge is 0.338 e. The fourth-order valence-corrected chi connectivity index (χ4v) is 1.52. The highest BCUT2D eigenvalue weighted by atomic mass is 16.5. The highest BCUT2D eigenvalue weighted by Gasteiger charge is 2.09. The molecule has 5 heteroatoms. The van der Waals surface area contributed by atoms with Gasteiger partial charge >= 0.3 is 5.97 Å². The molecule has 0 aliphatic heterocycles. The molecule has 0 bridgehead atoms. The topological polar surface area (TPSA) is 79.3 Å². The van der Waals surface area contributed by atoms with Crippen LogP contribution in [0.1, 0.15) is 37.0 Å². The molecule has 0 atom stereocenters. The van der Waals surface area contributed by atoms with Gasteiger partial charge in [0.1, 0.15) is 5.71 Å². The number of amides is 1. The third-order valence-electron chi connectivity index (χ3n) is 2.69. The second-order valence-corrected chi connectivity index (χ2v) is 4.43. The van der Waals surface area contributed by atoms with Gasteiger partial charge in [0, 0.05) is 5.69 Å². The molecular weight excluding hydrogens is 268 g/mol. The Bertz CT molecular complexity index is 533. The molecule has 0 radical (unpaired) electrons. The van der Waals surface area contributed by atoms with E-state index in [-0.39, 0.29) is 11.7 Å². The average molecular weight is 288 g/mol. The molecule has 0 aliphatic carbocycles. The van der Waals surface area contributed by atoms with Crippen molar-refractivity contribution in [3.8, 4) is 0 Å². The van der Waals surface area contributed by atoms with Crippen molar-refractivity contribution in [3.63, 3.8) is 0 Å². The maximum Gasteiger partial charge on any atom is 0.338 e. The van der Waals surface area contributed by atoms with Gasteiger partial charge in [-0.05, 0) is 43.7 Å². The Balaban J connectivity index is 2.59. The van der Waals surface area contributed by atoms with Crippen LogP contribution in [-0.2, 0) is 9.53 Å². The standard InChI is InChI=1S/C16H20N2O3/c1-3-5-11-21-16(20)12-7-9-13(10-8-12)18-15(19)14(17)6-4-2/h4,6-10,17H,3,5,11H2,1-2H3,(H,18,19). The Kier molecular flexibility index (Phi) is 6.87. The third kappa shape index (κ3) is 5.60. The van der Waals surface area contributed by atoms with Gasteiger partial charge in [0.15, 0.2) is 0 Å². The van der Waals surface area contributed by atoms with Gasteiger partial charge < -0.3 is 10.1 Å². The third-order valence-corrected chi connectivity index (χ3v) is 2.69. The SMILES string of the molecule is CC=CC(=N)C(=O)Nc1ccc(C(=O)OCCCC)cc1.